The molecule has 0 aliphatic rings. The van der Waals surface area contributed by atoms with E-state index in [-0.39, 0.29) is 30.4 Å². The van der Waals surface area contributed by atoms with Gasteiger partial charge in [-0.3, -0.25) is 4.79 Å². The van der Waals surface area contributed by atoms with Gasteiger partial charge < -0.3 is 11.1 Å². The molecule has 0 fully saturated rings. The number of hydrogen-bond donors (Lipinski definition) is 2. The molecule has 1 aromatic heterocycles. The van der Waals surface area contributed by atoms with Crippen LogP contribution < -0.4 is 11.1 Å². The van der Waals surface area contributed by atoms with E-state index in [2.05, 4.69) is 5.32 Å². The van der Waals surface area contributed by atoms with Crippen LogP contribution in [0.5, 0.6) is 0 Å². The molecular weight excluding hydrogens is 327 g/mol. The van der Waals surface area contributed by atoms with E-state index in [1.807, 2.05) is 48.0 Å². The predicted molar refractivity (Wildman–Crippen MR) is 91.3 cm³/mol. The molecular formula is C15H18Cl2N2OS. The Morgan fingerprint density at radius 2 is 1.95 bits per heavy atom. The van der Waals surface area contributed by atoms with Crippen molar-refractivity contribution in [2.75, 3.05) is 0 Å². The number of halogens is 2. The Morgan fingerprint density at radius 1 is 1.29 bits per heavy atom. The highest BCUT2D eigenvalue weighted by molar-refractivity contribution is 7.08. The molecule has 0 aliphatic heterocycles. The predicted octanol–water partition coefficient (Wildman–Crippen LogP) is 3.77. The zero-order chi connectivity index (χ0) is 14.5. The largest absolute Gasteiger partial charge is 0.345 e. The first-order chi connectivity index (χ1) is 9.56. The second-order valence-electron chi connectivity index (χ2n) is 4.79. The molecule has 114 valence electrons. The van der Waals surface area contributed by atoms with Crippen molar-refractivity contribution in [3.63, 3.8) is 0 Å². The Kier molecular flexibility index (Phi) is 7.18. The van der Waals surface area contributed by atoms with E-state index in [1.165, 1.54) is 0 Å². The first-order valence-electron chi connectivity index (χ1n) is 6.39. The highest BCUT2D eigenvalue weighted by atomic mass is 35.5. The van der Waals surface area contributed by atoms with Crippen LogP contribution in [0.4, 0.5) is 0 Å². The van der Waals surface area contributed by atoms with Crippen LogP contribution >= 0.6 is 35.3 Å². The van der Waals surface area contributed by atoms with E-state index in [1.54, 1.807) is 11.3 Å². The first kappa shape index (κ1) is 18.0. The number of thiophene rings is 1. The number of nitrogens with two attached hydrogens (primary N) is 1. The Balaban J connectivity index is 0.00000220. The van der Waals surface area contributed by atoms with Crippen LogP contribution in [0.15, 0.2) is 41.1 Å². The van der Waals surface area contributed by atoms with E-state index in [0.717, 1.165) is 11.1 Å². The Bertz CT molecular complexity index is 556. The number of nitrogens with one attached hydrogen (secondary N) is 1. The number of rotatable bonds is 5. The molecule has 0 aliphatic carbocycles. The smallest absolute Gasteiger partial charge is 0.222 e. The summed E-state index contributed by atoms with van der Waals surface area (Å²) >= 11 is 7.52. The average molecular weight is 345 g/mol. The van der Waals surface area contributed by atoms with E-state index in [4.69, 9.17) is 17.3 Å². The second kappa shape index (κ2) is 8.39. The number of amides is 1. The van der Waals surface area contributed by atoms with E-state index in [0.29, 0.717) is 11.4 Å². The molecule has 1 amide bonds. The van der Waals surface area contributed by atoms with Crippen LogP contribution in [0.2, 0.25) is 5.02 Å². The van der Waals surface area contributed by atoms with Crippen molar-refractivity contribution in [1.29, 1.82) is 0 Å². The topological polar surface area (TPSA) is 55.1 Å². The molecule has 3 nitrogen and oxygen atoms in total. The minimum atomic E-state index is -0.162. The van der Waals surface area contributed by atoms with Crippen molar-refractivity contribution >= 4 is 41.3 Å². The van der Waals surface area contributed by atoms with Gasteiger partial charge in [0.1, 0.15) is 0 Å². The average Bonchev–Trinajstić information content (AvgIpc) is 2.90. The van der Waals surface area contributed by atoms with Gasteiger partial charge in [-0.25, -0.2) is 0 Å². The molecule has 0 saturated carbocycles. The number of hydrogen-bond acceptors (Lipinski definition) is 3. The van der Waals surface area contributed by atoms with Crippen molar-refractivity contribution in [1.82, 2.24) is 5.32 Å². The molecule has 2 atom stereocenters. The summed E-state index contributed by atoms with van der Waals surface area (Å²) in [5, 5.41) is 7.74. The summed E-state index contributed by atoms with van der Waals surface area (Å²) in [7, 11) is 0. The number of carbonyl (C=O) groups is 1. The maximum atomic E-state index is 12.0. The van der Waals surface area contributed by atoms with Gasteiger partial charge in [0.2, 0.25) is 5.91 Å². The van der Waals surface area contributed by atoms with Gasteiger partial charge in [0.25, 0.3) is 0 Å². The van der Waals surface area contributed by atoms with Gasteiger partial charge in [-0.2, -0.15) is 11.3 Å². The van der Waals surface area contributed by atoms with Crippen molar-refractivity contribution < 1.29 is 4.79 Å². The third kappa shape index (κ3) is 5.32. The number of carbonyl (C=O) groups excluding carboxylic acids is 1. The summed E-state index contributed by atoms with van der Waals surface area (Å²) < 4.78 is 0. The monoisotopic (exact) mass is 344 g/mol. The van der Waals surface area contributed by atoms with Gasteiger partial charge in [0.15, 0.2) is 0 Å². The highest BCUT2D eigenvalue weighted by Crippen LogP contribution is 2.25. The molecule has 2 unspecified atom stereocenters. The third-order valence-corrected chi connectivity index (χ3v) is 3.85. The lowest BCUT2D eigenvalue weighted by molar-refractivity contribution is -0.121. The van der Waals surface area contributed by atoms with Crippen LogP contribution in [0.3, 0.4) is 0 Å². The molecule has 21 heavy (non-hydrogen) atoms. The summed E-state index contributed by atoms with van der Waals surface area (Å²) in [5.74, 6) is -0.0499. The zero-order valence-corrected chi connectivity index (χ0v) is 14.0. The molecule has 2 aromatic rings. The summed E-state index contributed by atoms with van der Waals surface area (Å²) in [6.45, 7) is 1.82. The van der Waals surface area contributed by atoms with Crippen molar-refractivity contribution in [3.8, 4) is 0 Å². The van der Waals surface area contributed by atoms with Gasteiger partial charge in [-0.05, 0) is 47.0 Å². The van der Waals surface area contributed by atoms with Crippen LogP contribution in [-0.4, -0.2) is 11.9 Å². The first-order valence-corrected chi connectivity index (χ1v) is 7.71. The van der Waals surface area contributed by atoms with Crippen molar-refractivity contribution in [3.05, 3.63) is 57.2 Å². The number of benzene rings is 1. The standard InChI is InChI=1S/C15H17ClN2OS.ClH/c1-10(17)8-14(19)18-15(12-6-7-20-9-12)11-2-4-13(16)5-3-11;/h2-7,9-10,15H,8,17H2,1H3,(H,18,19);1H. The van der Waals surface area contributed by atoms with Crippen LogP contribution in [0, 0.1) is 0 Å². The van der Waals surface area contributed by atoms with E-state index >= 15 is 0 Å². The molecule has 3 N–H and O–H groups in total. The molecule has 0 radical (unpaired) electrons. The quantitative estimate of drug-likeness (QED) is 0.867. The van der Waals surface area contributed by atoms with Crippen LogP contribution in [0.1, 0.15) is 30.5 Å². The normalized spacial score (nSPS) is 13.1. The van der Waals surface area contributed by atoms with Crippen molar-refractivity contribution in [2.45, 2.75) is 25.4 Å². The second-order valence-corrected chi connectivity index (χ2v) is 6.01. The van der Waals surface area contributed by atoms with Gasteiger partial charge in [-0.1, -0.05) is 23.7 Å². The lowest BCUT2D eigenvalue weighted by Crippen LogP contribution is -2.33. The fraction of sp³-hybridized carbons (Fsp3) is 0.267. The van der Waals surface area contributed by atoms with Crippen LogP contribution in [0.25, 0.3) is 0 Å². The lowest BCUT2D eigenvalue weighted by atomic mass is 10.0. The molecule has 1 aromatic carbocycles. The molecule has 2 rings (SSSR count). The van der Waals surface area contributed by atoms with Gasteiger partial charge in [-0.15, -0.1) is 12.4 Å². The lowest BCUT2D eigenvalue weighted by Gasteiger charge is -2.19. The molecule has 0 saturated heterocycles. The fourth-order valence-corrected chi connectivity index (χ4v) is 2.78. The fourth-order valence-electron chi connectivity index (χ4n) is 1.97. The molecule has 1 heterocycles. The SMILES string of the molecule is CC(N)CC(=O)NC(c1ccc(Cl)cc1)c1ccsc1.Cl. The highest BCUT2D eigenvalue weighted by Gasteiger charge is 2.17. The molecule has 6 heteroatoms. The minimum Gasteiger partial charge on any atom is -0.345 e. The Morgan fingerprint density at radius 3 is 2.48 bits per heavy atom. The Labute approximate surface area is 139 Å². The molecule has 0 bridgehead atoms. The van der Waals surface area contributed by atoms with Gasteiger partial charge in [0, 0.05) is 17.5 Å². The van der Waals surface area contributed by atoms with Gasteiger partial charge >= 0.3 is 0 Å². The minimum absolute atomic E-state index is 0. The zero-order valence-electron chi connectivity index (χ0n) is 11.6. The maximum absolute atomic E-state index is 12.0. The van der Waals surface area contributed by atoms with Crippen LogP contribution in [-0.2, 0) is 4.79 Å². The molecule has 0 spiro atoms. The summed E-state index contributed by atoms with van der Waals surface area (Å²) in [5.41, 5.74) is 7.74. The maximum Gasteiger partial charge on any atom is 0.222 e. The van der Waals surface area contributed by atoms with Crippen molar-refractivity contribution in [2.24, 2.45) is 5.73 Å². The van der Waals surface area contributed by atoms with Gasteiger partial charge in [0.05, 0.1) is 6.04 Å². The third-order valence-electron chi connectivity index (χ3n) is 2.89. The summed E-state index contributed by atoms with van der Waals surface area (Å²) in [4.78, 5) is 12.0. The summed E-state index contributed by atoms with van der Waals surface area (Å²) in [6, 6.07) is 9.21. The Hall–Kier alpha value is -1.07. The summed E-state index contributed by atoms with van der Waals surface area (Å²) in [6.07, 6.45) is 0.314. The van der Waals surface area contributed by atoms with E-state index < -0.39 is 0 Å². The van der Waals surface area contributed by atoms with E-state index in [9.17, 15) is 4.79 Å².